The fraction of sp³-hybridized carbons (Fsp3) is 0.304. The molecule has 154 valence electrons. The maximum atomic E-state index is 12.5. The van der Waals surface area contributed by atoms with Gasteiger partial charge in [0.1, 0.15) is 0 Å². The lowest BCUT2D eigenvalue weighted by Gasteiger charge is -2.34. The lowest BCUT2D eigenvalue weighted by atomic mass is 10.2. The van der Waals surface area contributed by atoms with Crippen LogP contribution in [0.3, 0.4) is 0 Å². The Kier molecular flexibility index (Phi) is 6.61. The van der Waals surface area contributed by atoms with Gasteiger partial charge in [-0.15, -0.1) is 0 Å². The predicted octanol–water partition coefficient (Wildman–Crippen LogP) is 2.92. The Balaban J connectivity index is 1.19. The molecular weight excluding hydrogens is 378 g/mol. The first-order valence-electron chi connectivity index (χ1n) is 10.2. The van der Waals surface area contributed by atoms with E-state index < -0.39 is 0 Å². The van der Waals surface area contributed by atoms with Crippen LogP contribution in [0.15, 0.2) is 65.5 Å². The van der Waals surface area contributed by atoms with Crippen LogP contribution in [-0.4, -0.2) is 63.6 Å². The Morgan fingerprint density at radius 2 is 1.90 bits per heavy atom. The molecular formula is C23H25N5O2. The van der Waals surface area contributed by atoms with Crippen LogP contribution in [0.25, 0.3) is 17.5 Å². The summed E-state index contributed by atoms with van der Waals surface area (Å²) in [7, 11) is 0. The Morgan fingerprint density at radius 1 is 1.07 bits per heavy atom. The summed E-state index contributed by atoms with van der Waals surface area (Å²) in [6, 6.07) is 14.0. The molecule has 2 aromatic heterocycles. The molecule has 3 aromatic rings. The van der Waals surface area contributed by atoms with Crippen LogP contribution in [0.4, 0.5) is 0 Å². The van der Waals surface area contributed by atoms with Crippen molar-refractivity contribution in [3.63, 3.8) is 0 Å². The van der Waals surface area contributed by atoms with Crippen molar-refractivity contribution in [2.45, 2.75) is 12.8 Å². The monoisotopic (exact) mass is 403 g/mol. The lowest BCUT2D eigenvalue weighted by Crippen LogP contribution is -2.48. The van der Waals surface area contributed by atoms with Crippen molar-refractivity contribution in [3.05, 3.63) is 72.4 Å². The first kappa shape index (κ1) is 20.0. The highest BCUT2D eigenvalue weighted by atomic mass is 16.5. The van der Waals surface area contributed by atoms with Crippen LogP contribution in [0, 0.1) is 0 Å². The number of hydrogen-bond acceptors (Lipinski definition) is 6. The molecule has 0 unspecified atom stereocenters. The number of hydrogen-bond donors (Lipinski definition) is 0. The zero-order valence-corrected chi connectivity index (χ0v) is 16.9. The van der Waals surface area contributed by atoms with E-state index in [-0.39, 0.29) is 5.91 Å². The van der Waals surface area contributed by atoms with E-state index in [9.17, 15) is 4.79 Å². The van der Waals surface area contributed by atoms with Gasteiger partial charge in [0.25, 0.3) is 0 Å². The minimum Gasteiger partial charge on any atom is -0.340 e. The van der Waals surface area contributed by atoms with E-state index in [1.54, 1.807) is 12.4 Å². The van der Waals surface area contributed by atoms with Gasteiger partial charge < -0.3 is 9.42 Å². The number of aryl methyl sites for hydroxylation is 1. The van der Waals surface area contributed by atoms with Crippen LogP contribution in [-0.2, 0) is 11.2 Å². The van der Waals surface area contributed by atoms with Crippen LogP contribution >= 0.6 is 0 Å². The van der Waals surface area contributed by atoms with Crippen molar-refractivity contribution in [1.82, 2.24) is 24.9 Å². The maximum Gasteiger partial charge on any atom is 0.227 e. The number of nitrogens with zero attached hydrogens (tertiary/aromatic N) is 5. The van der Waals surface area contributed by atoms with Gasteiger partial charge in [0, 0.05) is 63.5 Å². The second-order valence-corrected chi connectivity index (χ2v) is 7.25. The largest absolute Gasteiger partial charge is 0.340 e. The van der Waals surface area contributed by atoms with Crippen molar-refractivity contribution >= 4 is 12.0 Å². The summed E-state index contributed by atoms with van der Waals surface area (Å²) < 4.78 is 5.28. The van der Waals surface area contributed by atoms with Crippen LogP contribution in [0.5, 0.6) is 0 Å². The van der Waals surface area contributed by atoms with E-state index in [2.05, 4.69) is 44.3 Å². The fourth-order valence-corrected chi connectivity index (χ4v) is 3.42. The smallest absolute Gasteiger partial charge is 0.227 e. The number of pyridine rings is 1. The van der Waals surface area contributed by atoms with Gasteiger partial charge in [0.15, 0.2) is 0 Å². The van der Waals surface area contributed by atoms with E-state index >= 15 is 0 Å². The fourth-order valence-electron chi connectivity index (χ4n) is 3.42. The lowest BCUT2D eigenvalue weighted by molar-refractivity contribution is -0.132. The van der Waals surface area contributed by atoms with Gasteiger partial charge in [0.05, 0.1) is 0 Å². The summed E-state index contributed by atoms with van der Waals surface area (Å²) in [5.41, 5.74) is 2.01. The molecule has 1 fully saturated rings. The van der Waals surface area contributed by atoms with Crippen molar-refractivity contribution in [3.8, 4) is 11.4 Å². The zero-order chi connectivity index (χ0) is 20.6. The molecule has 0 radical (unpaired) electrons. The van der Waals surface area contributed by atoms with E-state index in [4.69, 9.17) is 4.52 Å². The SMILES string of the molecule is O=C(CCc1nc(-c2cccnc2)no1)N1CCN(C/C=C/c2ccccc2)CC1. The highest BCUT2D eigenvalue weighted by Crippen LogP contribution is 2.15. The molecule has 1 amide bonds. The van der Waals surface area contributed by atoms with Crippen LogP contribution < -0.4 is 0 Å². The molecule has 0 bridgehead atoms. The van der Waals surface area contributed by atoms with Gasteiger partial charge in [-0.25, -0.2) is 0 Å². The molecule has 0 aliphatic carbocycles. The average Bonchev–Trinajstić information content (AvgIpc) is 3.28. The molecule has 0 atom stereocenters. The van der Waals surface area contributed by atoms with Gasteiger partial charge in [-0.1, -0.05) is 47.6 Å². The first-order valence-corrected chi connectivity index (χ1v) is 10.2. The number of carbonyl (C=O) groups is 1. The molecule has 0 N–H and O–H groups in total. The minimum absolute atomic E-state index is 0.135. The molecule has 7 nitrogen and oxygen atoms in total. The third kappa shape index (κ3) is 5.39. The summed E-state index contributed by atoms with van der Waals surface area (Å²) >= 11 is 0. The topological polar surface area (TPSA) is 75.4 Å². The van der Waals surface area contributed by atoms with E-state index in [0.717, 1.165) is 38.3 Å². The maximum absolute atomic E-state index is 12.5. The van der Waals surface area contributed by atoms with Crippen molar-refractivity contribution < 1.29 is 9.32 Å². The third-order valence-corrected chi connectivity index (χ3v) is 5.14. The van der Waals surface area contributed by atoms with E-state index in [1.165, 1.54) is 5.56 Å². The van der Waals surface area contributed by atoms with Gasteiger partial charge >= 0.3 is 0 Å². The summed E-state index contributed by atoms with van der Waals surface area (Å²) in [6.45, 7) is 4.18. The second-order valence-electron chi connectivity index (χ2n) is 7.25. The molecule has 7 heteroatoms. The Hall–Kier alpha value is -3.32. The minimum atomic E-state index is 0.135. The van der Waals surface area contributed by atoms with Gasteiger partial charge in [-0.2, -0.15) is 4.98 Å². The number of carbonyl (C=O) groups excluding carboxylic acids is 1. The number of benzene rings is 1. The van der Waals surface area contributed by atoms with Gasteiger partial charge in [-0.05, 0) is 17.7 Å². The summed E-state index contributed by atoms with van der Waals surface area (Å²) in [4.78, 5) is 25.3. The van der Waals surface area contributed by atoms with E-state index in [0.29, 0.717) is 24.6 Å². The first-order chi connectivity index (χ1) is 14.8. The van der Waals surface area contributed by atoms with Crippen molar-refractivity contribution in [2.24, 2.45) is 0 Å². The summed E-state index contributed by atoms with van der Waals surface area (Å²) in [5, 5.41) is 3.97. The molecule has 3 heterocycles. The Bertz CT molecular complexity index is 964. The van der Waals surface area contributed by atoms with Crippen molar-refractivity contribution in [1.29, 1.82) is 0 Å². The normalized spacial score (nSPS) is 15.0. The molecule has 1 saturated heterocycles. The number of amides is 1. The summed E-state index contributed by atoms with van der Waals surface area (Å²) in [6.07, 6.45) is 8.54. The molecule has 30 heavy (non-hydrogen) atoms. The summed E-state index contributed by atoms with van der Waals surface area (Å²) in [5.74, 6) is 1.12. The second kappa shape index (κ2) is 9.93. The molecule has 1 aliphatic rings. The van der Waals surface area contributed by atoms with Crippen LogP contribution in [0.2, 0.25) is 0 Å². The number of rotatable bonds is 7. The van der Waals surface area contributed by atoms with Gasteiger partial charge in [-0.3, -0.25) is 14.7 Å². The standard InChI is InChI=1S/C23H25N5O2/c29-22(11-10-21-25-23(26-30-21)20-9-4-12-24-18-20)28-16-14-27(15-17-28)13-5-8-19-6-2-1-3-7-19/h1-9,12,18H,10-11,13-17H2/b8-5+. The van der Waals surface area contributed by atoms with E-state index in [1.807, 2.05) is 35.2 Å². The number of piperazine rings is 1. The predicted molar refractivity (Wildman–Crippen MR) is 114 cm³/mol. The molecule has 0 spiro atoms. The third-order valence-electron chi connectivity index (χ3n) is 5.14. The highest BCUT2D eigenvalue weighted by Gasteiger charge is 2.21. The molecule has 1 aromatic carbocycles. The van der Waals surface area contributed by atoms with Crippen molar-refractivity contribution in [2.75, 3.05) is 32.7 Å². The molecule has 0 saturated carbocycles. The molecule has 1 aliphatic heterocycles. The average molecular weight is 403 g/mol. The quantitative estimate of drug-likeness (QED) is 0.604. The Labute approximate surface area is 176 Å². The Morgan fingerprint density at radius 3 is 2.67 bits per heavy atom. The molecule has 4 rings (SSSR count). The van der Waals surface area contributed by atoms with Crippen LogP contribution in [0.1, 0.15) is 17.9 Å². The number of aromatic nitrogens is 3. The van der Waals surface area contributed by atoms with Gasteiger partial charge in [0.2, 0.25) is 17.6 Å². The zero-order valence-electron chi connectivity index (χ0n) is 16.9. The highest BCUT2D eigenvalue weighted by molar-refractivity contribution is 5.76.